The topological polar surface area (TPSA) is 325 Å². The predicted octanol–water partition coefficient (Wildman–Crippen LogP) is 0.386. The molecule has 0 aromatic heterocycles. The number of hydrogen-bond donors (Lipinski definition) is 8. The molecular weight excluding hydrogens is 432 g/mol. The largest absolute Gasteiger partial charge is 0.503 e. The molecular formula is C15H20N10O7. The van der Waals surface area contributed by atoms with Gasteiger partial charge in [0, 0.05) is 12.1 Å². The Labute approximate surface area is 178 Å². The second-order valence-corrected chi connectivity index (χ2v) is 5.36. The van der Waals surface area contributed by atoms with Crippen LogP contribution < -0.4 is 34.4 Å². The zero-order valence-corrected chi connectivity index (χ0v) is 16.2. The lowest BCUT2D eigenvalue weighted by Gasteiger charge is -1.98. The first-order valence-electron chi connectivity index (χ1n) is 7.93. The van der Waals surface area contributed by atoms with Gasteiger partial charge in [-0.1, -0.05) is 0 Å². The van der Waals surface area contributed by atoms with E-state index >= 15 is 0 Å². The Morgan fingerprint density at radius 3 is 1.25 bits per heavy atom. The number of nitrogen functional groups attached to an aromatic ring is 2. The van der Waals surface area contributed by atoms with E-state index in [0.29, 0.717) is 11.4 Å². The van der Waals surface area contributed by atoms with Crippen molar-refractivity contribution in [2.75, 3.05) is 11.5 Å². The van der Waals surface area contributed by atoms with Crippen LogP contribution in [0, 0.1) is 20.2 Å². The van der Waals surface area contributed by atoms with E-state index in [9.17, 15) is 20.2 Å². The van der Waals surface area contributed by atoms with Gasteiger partial charge in [-0.05, 0) is 24.3 Å². The highest BCUT2D eigenvalue weighted by molar-refractivity contribution is 5.80. The summed E-state index contributed by atoms with van der Waals surface area (Å²) in [5.41, 5.74) is 31.5. The van der Waals surface area contributed by atoms with Gasteiger partial charge in [-0.25, -0.2) is 14.8 Å². The van der Waals surface area contributed by atoms with E-state index in [0.717, 1.165) is 0 Å². The molecule has 0 radical (unpaired) electrons. The first-order valence-corrected chi connectivity index (χ1v) is 7.93. The van der Waals surface area contributed by atoms with Gasteiger partial charge in [0.25, 0.3) is 11.4 Å². The van der Waals surface area contributed by atoms with Crippen LogP contribution in [-0.4, -0.2) is 38.1 Å². The molecule has 17 heteroatoms. The summed E-state index contributed by atoms with van der Waals surface area (Å²) >= 11 is 0. The van der Waals surface area contributed by atoms with Crippen LogP contribution in [0.3, 0.4) is 0 Å². The summed E-state index contributed by atoms with van der Waals surface area (Å²) in [6.07, 6.45) is -1.83. The Hall–Kier alpha value is -5.35. The van der Waals surface area contributed by atoms with E-state index in [1.165, 1.54) is 36.4 Å². The maximum absolute atomic E-state index is 10.5. The van der Waals surface area contributed by atoms with E-state index in [1.54, 1.807) is 0 Å². The fourth-order valence-corrected chi connectivity index (χ4v) is 1.82. The first kappa shape index (κ1) is 26.6. The highest BCUT2D eigenvalue weighted by Gasteiger charge is 2.12. The van der Waals surface area contributed by atoms with Crippen molar-refractivity contribution in [2.24, 2.45) is 32.9 Å². The van der Waals surface area contributed by atoms with Crippen molar-refractivity contribution in [3.63, 3.8) is 0 Å². The lowest BCUT2D eigenvalue weighted by molar-refractivity contribution is -0.384. The maximum Gasteiger partial charge on any atom is 0.503 e. The number of guanidine groups is 2. The zero-order valence-electron chi connectivity index (χ0n) is 16.2. The lowest BCUT2D eigenvalue weighted by Crippen LogP contribution is -2.21. The van der Waals surface area contributed by atoms with E-state index in [2.05, 4.69) is 9.98 Å². The molecule has 17 nitrogen and oxygen atoms in total. The summed E-state index contributed by atoms with van der Waals surface area (Å²) in [5, 5.41) is 34.9. The molecule has 0 aliphatic heterocycles. The molecule has 32 heavy (non-hydrogen) atoms. The van der Waals surface area contributed by atoms with Gasteiger partial charge in [-0.3, -0.25) is 20.2 Å². The summed E-state index contributed by atoms with van der Waals surface area (Å²) in [6.45, 7) is 0. The van der Waals surface area contributed by atoms with E-state index in [-0.39, 0.29) is 34.7 Å². The van der Waals surface area contributed by atoms with Gasteiger partial charge in [0.15, 0.2) is 11.9 Å². The summed E-state index contributed by atoms with van der Waals surface area (Å²) in [7, 11) is 0. The molecule has 2 rings (SSSR count). The molecule has 0 amide bonds. The van der Waals surface area contributed by atoms with Crippen LogP contribution in [0.2, 0.25) is 0 Å². The molecule has 172 valence electrons. The second kappa shape index (κ2) is 12.3. The number of nitro benzene ring substituents is 2. The number of nitro groups is 2. The maximum atomic E-state index is 10.5. The number of hydrogen-bond acceptors (Lipinski definition) is 9. The molecule has 0 aliphatic rings. The second-order valence-electron chi connectivity index (χ2n) is 5.36. The molecule has 14 N–H and O–H groups in total. The van der Waals surface area contributed by atoms with Crippen molar-refractivity contribution in [2.45, 2.75) is 0 Å². The molecule has 0 fully saturated rings. The quantitative estimate of drug-likeness (QED) is 0.102. The molecule has 2 aromatic rings. The Morgan fingerprint density at radius 2 is 1.03 bits per heavy atom. The summed E-state index contributed by atoms with van der Waals surface area (Å²) in [5.74, 6) is -0.326. The molecule has 0 spiro atoms. The minimum Gasteiger partial charge on any atom is -0.450 e. The number of carboxylic acid groups (broad SMARTS) is 2. The lowest BCUT2D eigenvalue weighted by atomic mass is 10.2. The molecule has 0 heterocycles. The van der Waals surface area contributed by atoms with Crippen LogP contribution in [0.4, 0.5) is 38.9 Å². The van der Waals surface area contributed by atoms with Crippen LogP contribution in [0.15, 0.2) is 46.4 Å². The summed E-state index contributed by atoms with van der Waals surface area (Å²) in [6, 6.07) is 8.13. The van der Waals surface area contributed by atoms with Gasteiger partial charge < -0.3 is 44.6 Å². The van der Waals surface area contributed by atoms with Gasteiger partial charge in [0.05, 0.1) is 21.2 Å². The fourth-order valence-electron chi connectivity index (χ4n) is 1.82. The number of rotatable bonds is 4. The third-order valence-electron chi connectivity index (χ3n) is 2.94. The van der Waals surface area contributed by atoms with E-state index in [1.807, 2.05) is 0 Å². The first-order chi connectivity index (χ1) is 14.7. The van der Waals surface area contributed by atoms with Crippen molar-refractivity contribution >= 4 is 52.2 Å². The molecule has 0 unspecified atom stereocenters. The smallest absolute Gasteiger partial charge is 0.450 e. The normalized spacial score (nSPS) is 9.00. The minimum atomic E-state index is -1.83. The number of benzene rings is 2. The van der Waals surface area contributed by atoms with Crippen molar-refractivity contribution in [1.82, 2.24) is 0 Å². The Bertz CT molecular complexity index is 965. The van der Waals surface area contributed by atoms with Crippen LogP contribution >= 0.6 is 0 Å². The molecule has 0 aliphatic carbocycles. The van der Waals surface area contributed by atoms with E-state index < -0.39 is 16.0 Å². The fraction of sp³-hybridized carbons (Fsp3) is 0. The Balaban J connectivity index is 0.000000515. The summed E-state index contributed by atoms with van der Waals surface area (Å²) < 4.78 is 0. The van der Waals surface area contributed by atoms with Crippen LogP contribution in [0.5, 0.6) is 0 Å². The number of carbonyl (C=O) groups is 1. The standard InChI is InChI=1S/2C7H9N5O2.CH2O3/c2*8-5-2-1-4(11-7(9)10)3-6(5)12(13)14;2-1(3)4/h2*1-3H,8H2,(H4,9,10,11);(H2,2,3,4). The minimum absolute atomic E-state index is 0.0737. The van der Waals surface area contributed by atoms with Crippen molar-refractivity contribution in [3.8, 4) is 0 Å². The third-order valence-corrected chi connectivity index (χ3v) is 2.94. The van der Waals surface area contributed by atoms with E-state index in [4.69, 9.17) is 49.4 Å². The Morgan fingerprint density at radius 1 is 0.750 bits per heavy atom. The van der Waals surface area contributed by atoms with Gasteiger partial charge in [-0.2, -0.15) is 0 Å². The predicted molar refractivity (Wildman–Crippen MR) is 117 cm³/mol. The molecule has 0 bridgehead atoms. The zero-order chi connectivity index (χ0) is 25.0. The number of anilines is 2. The summed E-state index contributed by atoms with van der Waals surface area (Å²) in [4.78, 5) is 35.6. The van der Waals surface area contributed by atoms with Gasteiger partial charge >= 0.3 is 6.16 Å². The van der Waals surface area contributed by atoms with Gasteiger partial charge in [-0.15, -0.1) is 0 Å². The third kappa shape index (κ3) is 10.3. The molecule has 0 atom stereocenters. The number of nitrogens with two attached hydrogens (primary N) is 6. The van der Waals surface area contributed by atoms with Gasteiger partial charge in [0.1, 0.15) is 11.4 Å². The molecule has 0 saturated carbocycles. The van der Waals surface area contributed by atoms with Crippen molar-refractivity contribution < 1.29 is 24.9 Å². The van der Waals surface area contributed by atoms with Crippen LogP contribution in [-0.2, 0) is 0 Å². The van der Waals surface area contributed by atoms with Crippen molar-refractivity contribution in [1.29, 1.82) is 0 Å². The highest BCUT2D eigenvalue weighted by atomic mass is 16.6. The SMILES string of the molecule is NC(N)=Nc1ccc(N)c([N+](=O)[O-])c1.NC(N)=Nc1ccc(N)c([N+](=O)[O-])c1.O=C(O)O. The average Bonchev–Trinajstić information content (AvgIpc) is 2.63. The number of aliphatic imine (C=N–C) groups is 2. The molecule has 2 aromatic carbocycles. The average molecular weight is 452 g/mol. The monoisotopic (exact) mass is 452 g/mol. The van der Waals surface area contributed by atoms with Crippen LogP contribution in [0.25, 0.3) is 0 Å². The van der Waals surface area contributed by atoms with Crippen molar-refractivity contribution in [3.05, 3.63) is 56.6 Å². The molecule has 0 saturated heterocycles. The highest BCUT2D eigenvalue weighted by Crippen LogP contribution is 2.27. The number of nitrogens with zero attached hydrogens (tertiary/aromatic N) is 4. The van der Waals surface area contributed by atoms with Gasteiger partial charge in [0.2, 0.25) is 0 Å². The van der Waals surface area contributed by atoms with Crippen LogP contribution in [0.1, 0.15) is 0 Å². The Kier molecular flexibility index (Phi) is 10.2.